The van der Waals surface area contributed by atoms with E-state index in [0.717, 1.165) is 12.1 Å². The Labute approximate surface area is 155 Å². The highest BCUT2D eigenvalue weighted by molar-refractivity contribution is 5.97. The zero-order valence-corrected chi connectivity index (χ0v) is 15.0. The molecule has 6 nitrogen and oxygen atoms in total. The number of hydrogen-bond donors (Lipinski definition) is 1. The Hall–Kier alpha value is -3.16. The number of para-hydroxylation sites is 1. The van der Waals surface area contributed by atoms with Crippen LogP contribution in [0, 0.1) is 11.6 Å². The highest BCUT2D eigenvalue weighted by atomic mass is 19.1. The zero-order chi connectivity index (χ0) is 20.0. The zero-order valence-electron chi connectivity index (χ0n) is 15.0. The summed E-state index contributed by atoms with van der Waals surface area (Å²) in [6.07, 6.45) is -1.28. The molecule has 27 heavy (non-hydrogen) atoms. The first-order valence-electron chi connectivity index (χ1n) is 8.14. The fourth-order valence-corrected chi connectivity index (χ4v) is 2.20. The number of benzene rings is 2. The summed E-state index contributed by atoms with van der Waals surface area (Å²) < 4.78 is 42.8. The van der Waals surface area contributed by atoms with Crippen molar-refractivity contribution in [2.75, 3.05) is 19.0 Å². The van der Waals surface area contributed by atoms with E-state index in [9.17, 15) is 18.4 Å². The molecule has 0 bridgehead atoms. The highest BCUT2D eigenvalue weighted by Gasteiger charge is 2.22. The van der Waals surface area contributed by atoms with Crippen molar-refractivity contribution < 1.29 is 32.6 Å². The van der Waals surface area contributed by atoms with E-state index in [1.165, 1.54) is 38.3 Å². The molecule has 1 atom stereocenters. The average Bonchev–Trinajstić information content (AvgIpc) is 2.64. The van der Waals surface area contributed by atoms with E-state index in [0.29, 0.717) is 18.1 Å². The molecule has 2 aromatic carbocycles. The Balaban J connectivity index is 2.08. The molecule has 0 unspecified atom stereocenters. The average molecular weight is 379 g/mol. The van der Waals surface area contributed by atoms with Crippen molar-refractivity contribution in [2.24, 2.45) is 0 Å². The van der Waals surface area contributed by atoms with Crippen LogP contribution in [0.25, 0.3) is 0 Å². The number of rotatable bonds is 7. The lowest BCUT2D eigenvalue weighted by Gasteiger charge is -2.15. The number of carbonyl (C=O) groups is 2. The Morgan fingerprint density at radius 2 is 1.78 bits per heavy atom. The molecule has 1 N–H and O–H groups in total. The van der Waals surface area contributed by atoms with Crippen molar-refractivity contribution in [1.29, 1.82) is 0 Å². The Morgan fingerprint density at radius 1 is 1.11 bits per heavy atom. The van der Waals surface area contributed by atoms with Gasteiger partial charge in [0.25, 0.3) is 5.91 Å². The minimum Gasteiger partial charge on any atom is -0.493 e. The summed E-state index contributed by atoms with van der Waals surface area (Å²) >= 11 is 0. The first kappa shape index (κ1) is 20.2. The van der Waals surface area contributed by atoms with Crippen LogP contribution in [0.5, 0.6) is 11.5 Å². The van der Waals surface area contributed by atoms with Gasteiger partial charge in [0.2, 0.25) is 0 Å². The molecule has 0 aliphatic rings. The first-order chi connectivity index (χ1) is 12.9. The SMILES string of the molecule is CCOc1cc(C(=O)O[C@@H](C)C(=O)Nc2c(F)cccc2F)ccc1OC. The predicted molar refractivity (Wildman–Crippen MR) is 94.0 cm³/mol. The van der Waals surface area contributed by atoms with E-state index >= 15 is 0 Å². The third-order valence-electron chi connectivity index (χ3n) is 3.56. The summed E-state index contributed by atoms with van der Waals surface area (Å²) in [7, 11) is 1.46. The number of ether oxygens (including phenoxy) is 3. The van der Waals surface area contributed by atoms with E-state index < -0.39 is 35.3 Å². The van der Waals surface area contributed by atoms with Crippen LogP contribution in [0.3, 0.4) is 0 Å². The van der Waals surface area contributed by atoms with Gasteiger partial charge in [0.15, 0.2) is 17.6 Å². The molecule has 144 valence electrons. The molecule has 1 amide bonds. The third kappa shape index (κ3) is 4.93. The Morgan fingerprint density at radius 3 is 2.37 bits per heavy atom. The van der Waals surface area contributed by atoms with Crippen LogP contribution in [-0.2, 0) is 9.53 Å². The summed E-state index contributed by atoms with van der Waals surface area (Å²) in [6.45, 7) is 3.43. The first-order valence-corrected chi connectivity index (χ1v) is 8.14. The minimum atomic E-state index is -1.28. The number of amides is 1. The fraction of sp³-hybridized carbons (Fsp3) is 0.263. The van der Waals surface area contributed by atoms with Crippen molar-refractivity contribution >= 4 is 17.6 Å². The molecule has 0 spiro atoms. The number of methoxy groups -OCH3 is 1. The van der Waals surface area contributed by atoms with Crippen molar-refractivity contribution in [3.8, 4) is 11.5 Å². The van der Waals surface area contributed by atoms with E-state index in [-0.39, 0.29) is 5.56 Å². The number of halogens is 2. The van der Waals surface area contributed by atoms with Gasteiger partial charge in [-0.15, -0.1) is 0 Å². The van der Waals surface area contributed by atoms with Gasteiger partial charge < -0.3 is 19.5 Å². The van der Waals surface area contributed by atoms with Gasteiger partial charge in [-0.05, 0) is 44.2 Å². The number of carbonyl (C=O) groups excluding carboxylic acids is 2. The maximum atomic E-state index is 13.6. The molecule has 0 saturated heterocycles. The van der Waals surface area contributed by atoms with Crippen LogP contribution in [0.4, 0.5) is 14.5 Å². The molecule has 2 rings (SSSR count). The summed E-state index contributed by atoms with van der Waals surface area (Å²) in [5.74, 6) is -2.74. The molecule has 0 saturated carbocycles. The topological polar surface area (TPSA) is 73.9 Å². The van der Waals surface area contributed by atoms with Crippen LogP contribution in [0.15, 0.2) is 36.4 Å². The lowest BCUT2D eigenvalue weighted by Crippen LogP contribution is -2.30. The van der Waals surface area contributed by atoms with Crippen molar-refractivity contribution in [3.05, 3.63) is 53.6 Å². The van der Waals surface area contributed by atoms with Crippen LogP contribution in [-0.4, -0.2) is 31.7 Å². The maximum Gasteiger partial charge on any atom is 0.339 e. The number of anilines is 1. The number of esters is 1. The van der Waals surface area contributed by atoms with Gasteiger partial charge in [-0.25, -0.2) is 13.6 Å². The number of hydrogen-bond acceptors (Lipinski definition) is 5. The largest absolute Gasteiger partial charge is 0.493 e. The van der Waals surface area contributed by atoms with Gasteiger partial charge in [-0.1, -0.05) is 6.07 Å². The minimum absolute atomic E-state index is 0.135. The van der Waals surface area contributed by atoms with Gasteiger partial charge in [0.1, 0.15) is 17.3 Å². The smallest absolute Gasteiger partial charge is 0.339 e. The molecule has 0 aromatic heterocycles. The Bertz CT molecular complexity index is 821. The van der Waals surface area contributed by atoms with Crippen LogP contribution >= 0.6 is 0 Å². The van der Waals surface area contributed by atoms with Crippen molar-refractivity contribution in [3.63, 3.8) is 0 Å². The summed E-state index contributed by atoms with van der Waals surface area (Å²) in [4.78, 5) is 24.3. The van der Waals surface area contributed by atoms with E-state index in [1.807, 2.05) is 0 Å². The normalized spacial score (nSPS) is 11.4. The van der Waals surface area contributed by atoms with E-state index in [2.05, 4.69) is 5.32 Å². The van der Waals surface area contributed by atoms with Gasteiger partial charge >= 0.3 is 5.97 Å². The lowest BCUT2D eigenvalue weighted by atomic mass is 10.2. The monoisotopic (exact) mass is 379 g/mol. The molecule has 0 radical (unpaired) electrons. The van der Waals surface area contributed by atoms with Gasteiger partial charge in [-0.3, -0.25) is 4.79 Å². The Kier molecular flexibility index (Phi) is 6.70. The van der Waals surface area contributed by atoms with Crippen molar-refractivity contribution in [1.82, 2.24) is 0 Å². The quantitative estimate of drug-likeness (QED) is 0.745. The maximum absolute atomic E-state index is 13.6. The fourth-order valence-electron chi connectivity index (χ4n) is 2.20. The van der Waals surface area contributed by atoms with Crippen molar-refractivity contribution in [2.45, 2.75) is 20.0 Å². The van der Waals surface area contributed by atoms with E-state index in [4.69, 9.17) is 14.2 Å². The van der Waals surface area contributed by atoms with E-state index in [1.54, 1.807) is 6.92 Å². The standard InChI is InChI=1S/C19H19F2NO5/c1-4-26-16-10-12(8-9-15(16)25-3)19(24)27-11(2)18(23)22-17-13(20)6-5-7-14(17)21/h5-11H,4H2,1-3H3,(H,22,23)/t11-/m0/s1. The molecule has 2 aromatic rings. The molecular formula is C19H19F2NO5. The molecule has 8 heteroatoms. The second-order valence-corrected chi connectivity index (χ2v) is 5.43. The predicted octanol–water partition coefficient (Wildman–Crippen LogP) is 3.56. The van der Waals surface area contributed by atoms with Gasteiger partial charge in [0, 0.05) is 0 Å². The molecule has 0 heterocycles. The molecule has 0 aliphatic heterocycles. The highest BCUT2D eigenvalue weighted by Crippen LogP contribution is 2.28. The summed E-state index contributed by atoms with van der Waals surface area (Å²) in [5, 5.41) is 2.07. The van der Waals surface area contributed by atoms with Crippen LogP contribution < -0.4 is 14.8 Å². The lowest BCUT2D eigenvalue weighted by molar-refractivity contribution is -0.123. The second kappa shape index (κ2) is 8.98. The molecule has 0 fully saturated rings. The summed E-state index contributed by atoms with van der Waals surface area (Å²) in [6, 6.07) is 7.57. The van der Waals surface area contributed by atoms with Crippen LogP contribution in [0.1, 0.15) is 24.2 Å². The molecule has 0 aliphatic carbocycles. The third-order valence-corrected chi connectivity index (χ3v) is 3.56. The number of nitrogens with one attached hydrogen (secondary N) is 1. The van der Waals surface area contributed by atoms with Gasteiger partial charge in [-0.2, -0.15) is 0 Å². The van der Waals surface area contributed by atoms with Gasteiger partial charge in [0.05, 0.1) is 19.3 Å². The van der Waals surface area contributed by atoms with Crippen LogP contribution in [0.2, 0.25) is 0 Å². The summed E-state index contributed by atoms with van der Waals surface area (Å²) in [5.41, 5.74) is -0.468. The molecular weight excluding hydrogens is 360 g/mol. The second-order valence-electron chi connectivity index (χ2n) is 5.43.